The second-order valence-corrected chi connectivity index (χ2v) is 9.48. The molecular formula is C19H20N4O3S2. The van der Waals surface area contributed by atoms with Crippen molar-refractivity contribution in [3.8, 4) is 6.07 Å². The summed E-state index contributed by atoms with van der Waals surface area (Å²) in [6, 6.07) is 9.69. The van der Waals surface area contributed by atoms with Crippen LogP contribution in [0.5, 0.6) is 0 Å². The lowest BCUT2D eigenvalue weighted by Crippen LogP contribution is -2.23. The first-order chi connectivity index (χ1) is 13.3. The molecule has 7 nitrogen and oxygen atoms in total. The topological polar surface area (TPSA) is 126 Å². The molecule has 0 fully saturated rings. The Kier molecular flexibility index (Phi) is 6.03. The molecule has 1 atom stereocenters. The molecule has 146 valence electrons. The van der Waals surface area contributed by atoms with Gasteiger partial charge in [0.25, 0.3) is 0 Å². The maximum absolute atomic E-state index is 12.5. The monoisotopic (exact) mass is 416 g/mol. The van der Waals surface area contributed by atoms with Crippen molar-refractivity contribution >= 4 is 33.4 Å². The molecule has 2 aromatic rings. The van der Waals surface area contributed by atoms with Crippen LogP contribution in [0.2, 0.25) is 0 Å². The third kappa shape index (κ3) is 4.70. The summed E-state index contributed by atoms with van der Waals surface area (Å²) < 4.78 is 22.6. The van der Waals surface area contributed by atoms with Crippen LogP contribution in [-0.4, -0.2) is 24.6 Å². The van der Waals surface area contributed by atoms with Gasteiger partial charge in [-0.2, -0.15) is 5.26 Å². The number of anilines is 1. The zero-order valence-electron chi connectivity index (χ0n) is 15.3. The Labute approximate surface area is 168 Å². The number of nitrogens with two attached hydrogens (primary N) is 1. The van der Waals surface area contributed by atoms with Gasteiger partial charge in [-0.3, -0.25) is 4.79 Å². The molecule has 1 aliphatic carbocycles. The van der Waals surface area contributed by atoms with Crippen molar-refractivity contribution in [3.63, 3.8) is 0 Å². The average molecular weight is 417 g/mol. The van der Waals surface area contributed by atoms with Crippen LogP contribution in [0.15, 0.2) is 40.3 Å². The van der Waals surface area contributed by atoms with Gasteiger partial charge in [0.15, 0.2) is 0 Å². The molecule has 1 unspecified atom stereocenters. The maximum atomic E-state index is 12.5. The van der Waals surface area contributed by atoms with Crippen LogP contribution in [0.4, 0.5) is 5.69 Å². The summed E-state index contributed by atoms with van der Waals surface area (Å²) in [6.07, 6.45) is 4.02. The van der Waals surface area contributed by atoms with Crippen LogP contribution in [-0.2, 0) is 27.7 Å². The first kappa shape index (κ1) is 20.3. The lowest BCUT2D eigenvalue weighted by atomic mass is 9.95. The van der Waals surface area contributed by atoms with Crippen molar-refractivity contribution in [1.82, 2.24) is 4.98 Å². The summed E-state index contributed by atoms with van der Waals surface area (Å²) in [5.41, 5.74) is 3.09. The number of primary sulfonamides is 1. The molecule has 0 spiro atoms. The van der Waals surface area contributed by atoms with Crippen LogP contribution in [0, 0.1) is 11.3 Å². The Morgan fingerprint density at radius 2 is 1.96 bits per heavy atom. The van der Waals surface area contributed by atoms with Crippen molar-refractivity contribution in [2.45, 2.75) is 47.8 Å². The van der Waals surface area contributed by atoms with Crippen LogP contribution < -0.4 is 10.5 Å². The molecular weight excluding hydrogens is 396 g/mol. The standard InChI is InChI=1S/C19H20N4O3S2/c1-12(18(24)22-15-6-8-16(9-7-15)28(21,25)26)27-19-14(11-20)10-13-4-2-3-5-17(13)23-19/h6-10,12H,2-5H2,1H3,(H,22,24)(H2,21,25,26). The third-order valence-electron chi connectivity index (χ3n) is 4.49. The van der Waals surface area contributed by atoms with E-state index in [1.54, 1.807) is 6.92 Å². The number of carbonyl (C=O) groups excluding carboxylic acids is 1. The summed E-state index contributed by atoms with van der Waals surface area (Å²) >= 11 is 1.24. The Hall–Kier alpha value is -2.41. The van der Waals surface area contributed by atoms with Gasteiger partial charge in [-0.1, -0.05) is 11.8 Å². The van der Waals surface area contributed by atoms with Gasteiger partial charge in [-0.05, 0) is 68.5 Å². The van der Waals surface area contributed by atoms with E-state index >= 15 is 0 Å². The summed E-state index contributed by atoms with van der Waals surface area (Å²) in [7, 11) is -3.78. The van der Waals surface area contributed by atoms with Gasteiger partial charge < -0.3 is 5.32 Å². The number of rotatable bonds is 5. The fourth-order valence-corrected chi connectivity index (χ4v) is 4.39. The molecule has 0 saturated carbocycles. The van der Waals surface area contributed by atoms with Gasteiger partial charge in [0.05, 0.1) is 15.7 Å². The van der Waals surface area contributed by atoms with Crippen molar-refractivity contribution in [2.75, 3.05) is 5.32 Å². The van der Waals surface area contributed by atoms with Gasteiger partial charge in [0, 0.05) is 11.4 Å². The van der Waals surface area contributed by atoms with E-state index in [1.165, 1.54) is 36.0 Å². The zero-order chi connectivity index (χ0) is 20.3. The SMILES string of the molecule is CC(Sc1nc2c(cc1C#N)CCCC2)C(=O)Nc1ccc(S(N)(=O)=O)cc1. The number of nitrogens with one attached hydrogen (secondary N) is 1. The van der Waals surface area contributed by atoms with E-state index in [1.807, 2.05) is 6.07 Å². The predicted octanol–water partition coefficient (Wildman–Crippen LogP) is 2.60. The van der Waals surface area contributed by atoms with Crippen LogP contribution >= 0.6 is 11.8 Å². The number of pyridine rings is 1. The number of aromatic nitrogens is 1. The lowest BCUT2D eigenvalue weighted by molar-refractivity contribution is -0.115. The molecule has 0 bridgehead atoms. The van der Waals surface area contributed by atoms with Gasteiger partial charge in [0.2, 0.25) is 15.9 Å². The van der Waals surface area contributed by atoms with Gasteiger partial charge in [-0.25, -0.2) is 18.5 Å². The molecule has 1 amide bonds. The molecule has 0 aliphatic heterocycles. The largest absolute Gasteiger partial charge is 0.325 e. The molecule has 0 radical (unpaired) electrons. The summed E-state index contributed by atoms with van der Waals surface area (Å²) in [5.74, 6) is -0.267. The first-order valence-corrected chi connectivity index (χ1v) is 11.2. The maximum Gasteiger partial charge on any atom is 0.238 e. The minimum absolute atomic E-state index is 0.0233. The molecule has 1 heterocycles. The van der Waals surface area contributed by atoms with Gasteiger partial charge in [-0.15, -0.1) is 0 Å². The van der Waals surface area contributed by atoms with E-state index < -0.39 is 15.3 Å². The number of benzene rings is 1. The predicted molar refractivity (Wildman–Crippen MR) is 107 cm³/mol. The lowest BCUT2D eigenvalue weighted by Gasteiger charge is -2.18. The fraction of sp³-hybridized carbons (Fsp3) is 0.316. The average Bonchev–Trinajstić information content (AvgIpc) is 2.67. The van der Waals surface area contributed by atoms with E-state index in [0.717, 1.165) is 36.9 Å². The fourth-order valence-electron chi connectivity index (χ4n) is 2.98. The Balaban J connectivity index is 1.71. The Bertz CT molecular complexity index is 1040. The highest BCUT2D eigenvalue weighted by molar-refractivity contribution is 8.00. The van der Waals surface area contributed by atoms with E-state index in [0.29, 0.717) is 16.3 Å². The number of hydrogen-bond acceptors (Lipinski definition) is 6. The molecule has 3 rings (SSSR count). The summed E-state index contributed by atoms with van der Waals surface area (Å²) in [6.45, 7) is 1.74. The number of nitrogens with zero attached hydrogens (tertiary/aromatic N) is 2. The second-order valence-electron chi connectivity index (χ2n) is 6.58. The van der Waals surface area contributed by atoms with Crippen molar-refractivity contribution in [2.24, 2.45) is 5.14 Å². The minimum atomic E-state index is -3.78. The number of aryl methyl sites for hydroxylation is 2. The van der Waals surface area contributed by atoms with Gasteiger partial charge in [0.1, 0.15) is 11.1 Å². The van der Waals surface area contributed by atoms with Crippen LogP contribution in [0.25, 0.3) is 0 Å². The van der Waals surface area contributed by atoms with Crippen LogP contribution in [0.3, 0.4) is 0 Å². The second kappa shape index (κ2) is 8.31. The van der Waals surface area contributed by atoms with Gasteiger partial charge >= 0.3 is 0 Å². The number of fused-ring (bicyclic) bond motifs is 1. The number of carbonyl (C=O) groups is 1. The van der Waals surface area contributed by atoms with E-state index in [-0.39, 0.29) is 10.8 Å². The van der Waals surface area contributed by atoms with Crippen LogP contribution in [0.1, 0.15) is 36.6 Å². The Morgan fingerprint density at radius 1 is 1.29 bits per heavy atom. The smallest absolute Gasteiger partial charge is 0.238 e. The van der Waals surface area contributed by atoms with Crippen molar-refractivity contribution in [3.05, 3.63) is 47.2 Å². The number of hydrogen-bond donors (Lipinski definition) is 2. The molecule has 0 saturated heterocycles. The van der Waals surface area contributed by atoms with E-state index in [9.17, 15) is 18.5 Å². The number of thioether (sulfide) groups is 1. The molecule has 28 heavy (non-hydrogen) atoms. The number of amides is 1. The number of sulfonamides is 1. The molecule has 1 aliphatic rings. The van der Waals surface area contributed by atoms with E-state index in [2.05, 4.69) is 16.4 Å². The zero-order valence-corrected chi connectivity index (χ0v) is 16.9. The summed E-state index contributed by atoms with van der Waals surface area (Å²) in [4.78, 5) is 17.1. The number of nitriles is 1. The molecule has 1 aromatic heterocycles. The van der Waals surface area contributed by atoms with Crippen molar-refractivity contribution < 1.29 is 13.2 Å². The minimum Gasteiger partial charge on any atom is -0.325 e. The molecule has 1 aromatic carbocycles. The third-order valence-corrected chi connectivity index (χ3v) is 6.53. The highest BCUT2D eigenvalue weighted by Gasteiger charge is 2.21. The quantitative estimate of drug-likeness (QED) is 0.722. The summed E-state index contributed by atoms with van der Waals surface area (Å²) in [5, 5.41) is 17.3. The highest BCUT2D eigenvalue weighted by Crippen LogP contribution is 2.30. The normalized spacial score (nSPS) is 14.6. The van der Waals surface area contributed by atoms with Crippen molar-refractivity contribution in [1.29, 1.82) is 5.26 Å². The Morgan fingerprint density at radius 3 is 2.61 bits per heavy atom. The van der Waals surface area contributed by atoms with E-state index in [4.69, 9.17) is 5.14 Å². The highest BCUT2D eigenvalue weighted by atomic mass is 32.2. The molecule has 3 N–H and O–H groups in total. The first-order valence-electron chi connectivity index (χ1n) is 8.81. The molecule has 9 heteroatoms.